The summed E-state index contributed by atoms with van der Waals surface area (Å²) in [5, 5.41) is 6.74. The molecule has 0 radical (unpaired) electrons. The molecule has 0 saturated heterocycles. The highest BCUT2D eigenvalue weighted by atomic mass is 32.1. The van der Waals surface area contributed by atoms with Crippen LogP contribution in [0.25, 0.3) is 11.5 Å². The number of hydrogen-bond acceptors (Lipinski definition) is 4. The van der Waals surface area contributed by atoms with Crippen LogP contribution >= 0.6 is 12.2 Å². The standard InChI is InChI=1S/C11H12F2N4OS/c12-9(13)7-18-6-5-17-10(15-16-11(17)19)8-3-1-2-4-14-8/h1-4,9H,5-7H2,(H,16,19). The number of nitrogens with one attached hydrogen (secondary N) is 1. The molecule has 2 heterocycles. The molecule has 2 rings (SSSR count). The number of pyridine rings is 1. The summed E-state index contributed by atoms with van der Waals surface area (Å²) < 4.78 is 30.8. The second kappa shape index (κ2) is 6.48. The van der Waals surface area contributed by atoms with Gasteiger partial charge in [0, 0.05) is 6.20 Å². The number of H-pyrrole nitrogens is 1. The van der Waals surface area contributed by atoms with Crippen molar-refractivity contribution in [2.45, 2.75) is 13.0 Å². The lowest BCUT2D eigenvalue weighted by atomic mass is 10.3. The maximum Gasteiger partial charge on any atom is 0.261 e. The molecule has 19 heavy (non-hydrogen) atoms. The summed E-state index contributed by atoms with van der Waals surface area (Å²) >= 11 is 5.09. The highest BCUT2D eigenvalue weighted by Crippen LogP contribution is 2.13. The molecule has 0 amide bonds. The highest BCUT2D eigenvalue weighted by molar-refractivity contribution is 7.71. The Balaban J connectivity index is 2.08. The lowest BCUT2D eigenvalue weighted by Gasteiger charge is -2.07. The van der Waals surface area contributed by atoms with Crippen LogP contribution in [0.3, 0.4) is 0 Å². The summed E-state index contributed by atoms with van der Waals surface area (Å²) in [6.07, 6.45) is -0.822. The van der Waals surface area contributed by atoms with Gasteiger partial charge in [-0.15, -0.1) is 0 Å². The number of alkyl halides is 2. The van der Waals surface area contributed by atoms with E-state index in [9.17, 15) is 8.78 Å². The first kappa shape index (κ1) is 13.8. The van der Waals surface area contributed by atoms with Crippen LogP contribution in [0, 0.1) is 4.77 Å². The lowest BCUT2D eigenvalue weighted by Crippen LogP contribution is -2.11. The van der Waals surface area contributed by atoms with E-state index in [1.807, 2.05) is 6.07 Å². The van der Waals surface area contributed by atoms with Gasteiger partial charge in [0.15, 0.2) is 10.6 Å². The molecule has 0 aliphatic rings. The van der Waals surface area contributed by atoms with Gasteiger partial charge >= 0.3 is 0 Å². The van der Waals surface area contributed by atoms with Crippen molar-refractivity contribution in [1.82, 2.24) is 19.7 Å². The second-order valence-electron chi connectivity index (χ2n) is 3.68. The Hall–Kier alpha value is -1.67. The zero-order valence-corrected chi connectivity index (χ0v) is 10.7. The zero-order chi connectivity index (χ0) is 13.7. The zero-order valence-electron chi connectivity index (χ0n) is 9.92. The van der Waals surface area contributed by atoms with Crippen LogP contribution < -0.4 is 0 Å². The number of ether oxygens (including phenoxy) is 1. The van der Waals surface area contributed by atoms with Gasteiger partial charge in [0.25, 0.3) is 6.43 Å². The maximum atomic E-state index is 11.9. The van der Waals surface area contributed by atoms with Crippen molar-refractivity contribution in [2.24, 2.45) is 0 Å². The van der Waals surface area contributed by atoms with Crippen molar-refractivity contribution in [3.05, 3.63) is 29.2 Å². The largest absolute Gasteiger partial charge is 0.374 e. The van der Waals surface area contributed by atoms with Gasteiger partial charge in [-0.2, -0.15) is 5.10 Å². The van der Waals surface area contributed by atoms with Crippen molar-refractivity contribution < 1.29 is 13.5 Å². The topological polar surface area (TPSA) is 55.7 Å². The Labute approximate surface area is 113 Å². The normalized spacial score (nSPS) is 11.1. The van der Waals surface area contributed by atoms with Crippen molar-refractivity contribution in [1.29, 1.82) is 0 Å². The van der Waals surface area contributed by atoms with E-state index >= 15 is 0 Å². The molecule has 0 aliphatic heterocycles. The average Bonchev–Trinajstić information content (AvgIpc) is 2.77. The van der Waals surface area contributed by atoms with E-state index in [-0.39, 0.29) is 6.61 Å². The maximum absolute atomic E-state index is 11.9. The molecule has 2 aromatic rings. The molecule has 1 N–H and O–H groups in total. The predicted octanol–water partition coefficient (Wildman–Crippen LogP) is 2.28. The molecule has 0 fully saturated rings. The van der Waals surface area contributed by atoms with Gasteiger partial charge in [-0.05, 0) is 24.4 Å². The van der Waals surface area contributed by atoms with E-state index < -0.39 is 13.0 Å². The van der Waals surface area contributed by atoms with Gasteiger partial charge in [0.2, 0.25) is 0 Å². The minimum atomic E-state index is -2.47. The van der Waals surface area contributed by atoms with Crippen LogP contribution in [0.1, 0.15) is 0 Å². The summed E-state index contributed by atoms with van der Waals surface area (Å²) in [6, 6.07) is 5.42. The first-order valence-corrected chi connectivity index (χ1v) is 6.02. The first-order chi connectivity index (χ1) is 9.18. The molecule has 0 unspecified atom stereocenters. The average molecular weight is 286 g/mol. The number of halogens is 2. The van der Waals surface area contributed by atoms with Gasteiger partial charge in [0.1, 0.15) is 12.3 Å². The number of aromatic nitrogens is 4. The predicted molar refractivity (Wildman–Crippen MR) is 67.5 cm³/mol. The molecule has 8 heteroatoms. The van der Waals surface area contributed by atoms with E-state index in [0.29, 0.717) is 22.8 Å². The van der Waals surface area contributed by atoms with E-state index in [0.717, 1.165) is 0 Å². The number of aromatic amines is 1. The van der Waals surface area contributed by atoms with Crippen LogP contribution in [0.4, 0.5) is 8.78 Å². The smallest absolute Gasteiger partial charge is 0.261 e. The minimum Gasteiger partial charge on any atom is -0.374 e. The van der Waals surface area contributed by atoms with E-state index in [1.165, 1.54) is 0 Å². The molecule has 0 saturated carbocycles. The number of rotatable bonds is 6. The van der Waals surface area contributed by atoms with Crippen molar-refractivity contribution in [3.63, 3.8) is 0 Å². The Morgan fingerprint density at radius 3 is 2.95 bits per heavy atom. The highest BCUT2D eigenvalue weighted by Gasteiger charge is 2.10. The molecule has 0 spiro atoms. The summed E-state index contributed by atoms with van der Waals surface area (Å²) in [6.45, 7) is -0.101. The molecule has 5 nitrogen and oxygen atoms in total. The van der Waals surface area contributed by atoms with E-state index in [4.69, 9.17) is 17.0 Å². The molecule has 102 valence electrons. The number of nitrogens with zero attached hydrogens (tertiary/aromatic N) is 3. The Bertz CT molecular complexity index is 570. The molecule has 0 atom stereocenters. The molecular formula is C11H12F2N4OS. The Morgan fingerprint density at radius 1 is 1.42 bits per heavy atom. The quantitative estimate of drug-likeness (QED) is 0.654. The third kappa shape index (κ3) is 3.65. The summed E-state index contributed by atoms with van der Waals surface area (Å²) in [7, 11) is 0. The third-order valence-corrected chi connectivity index (χ3v) is 2.67. The van der Waals surface area contributed by atoms with Gasteiger partial charge in [-0.3, -0.25) is 14.6 Å². The summed E-state index contributed by atoms with van der Waals surface area (Å²) in [5.41, 5.74) is 0.656. The molecule has 2 aromatic heterocycles. The summed E-state index contributed by atoms with van der Waals surface area (Å²) in [5.74, 6) is 0.561. The molecule has 0 aromatic carbocycles. The first-order valence-electron chi connectivity index (χ1n) is 5.61. The van der Waals surface area contributed by atoms with Crippen LogP contribution in [-0.4, -0.2) is 39.4 Å². The minimum absolute atomic E-state index is 0.137. The van der Waals surface area contributed by atoms with Gasteiger partial charge in [-0.25, -0.2) is 8.78 Å². The van der Waals surface area contributed by atoms with E-state index in [2.05, 4.69) is 15.2 Å². The molecule has 0 bridgehead atoms. The van der Waals surface area contributed by atoms with Crippen molar-refractivity contribution >= 4 is 12.2 Å². The fourth-order valence-electron chi connectivity index (χ4n) is 1.54. The van der Waals surface area contributed by atoms with Crippen LogP contribution in [0.15, 0.2) is 24.4 Å². The fraction of sp³-hybridized carbons (Fsp3) is 0.364. The number of hydrogen-bond donors (Lipinski definition) is 1. The van der Waals surface area contributed by atoms with Gasteiger partial charge < -0.3 is 4.74 Å². The van der Waals surface area contributed by atoms with E-state index in [1.54, 1.807) is 22.9 Å². The van der Waals surface area contributed by atoms with Crippen LogP contribution in [0.2, 0.25) is 0 Å². The third-order valence-electron chi connectivity index (χ3n) is 2.36. The second-order valence-corrected chi connectivity index (χ2v) is 4.07. The SMILES string of the molecule is FC(F)COCCn1c(-c2ccccn2)n[nH]c1=S. The van der Waals surface area contributed by atoms with Gasteiger partial charge in [0.05, 0.1) is 13.2 Å². The van der Waals surface area contributed by atoms with Crippen LogP contribution in [-0.2, 0) is 11.3 Å². The lowest BCUT2D eigenvalue weighted by molar-refractivity contribution is 0.0147. The molecule has 0 aliphatic carbocycles. The van der Waals surface area contributed by atoms with Crippen molar-refractivity contribution in [2.75, 3.05) is 13.2 Å². The molecular weight excluding hydrogens is 274 g/mol. The summed E-state index contributed by atoms with van der Waals surface area (Å²) in [4.78, 5) is 4.17. The monoisotopic (exact) mass is 286 g/mol. The van der Waals surface area contributed by atoms with Gasteiger partial charge in [-0.1, -0.05) is 6.07 Å². The van der Waals surface area contributed by atoms with Crippen LogP contribution in [0.5, 0.6) is 0 Å². The van der Waals surface area contributed by atoms with Crippen molar-refractivity contribution in [3.8, 4) is 11.5 Å². The fourth-order valence-corrected chi connectivity index (χ4v) is 1.77. The Morgan fingerprint density at radius 2 is 2.26 bits per heavy atom. The Kier molecular flexibility index (Phi) is 4.69.